The van der Waals surface area contributed by atoms with Gasteiger partial charge in [0.05, 0.1) is 17.4 Å². The van der Waals surface area contributed by atoms with Gasteiger partial charge in [-0.25, -0.2) is 4.98 Å². The minimum Gasteiger partial charge on any atom is -0.345 e. The van der Waals surface area contributed by atoms with Crippen molar-refractivity contribution in [3.63, 3.8) is 0 Å². The van der Waals surface area contributed by atoms with Gasteiger partial charge in [-0.15, -0.1) is 0 Å². The van der Waals surface area contributed by atoms with Crippen molar-refractivity contribution in [2.45, 2.75) is 32.6 Å². The van der Waals surface area contributed by atoms with Gasteiger partial charge in [0.15, 0.2) is 0 Å². The van der Waals surface area contributed by atoms with Crippen molar-refractivity contribution in [1.29, 1.82) is 0 Å². The normalized spacial score (nSPS) is 11.9. The molecule has 0 aliphatic carbocycles. The number of nitrogens with one attached hydrogen (secondary N) is 2. The average molecular weight is 259 g/mol. The van der Waals surface area contributed by atoms with Crippen LogP contribution in [0.15, 0.2) is 24.5 Å². The van der Waals surface area contributed by atoms with Gasteiger partial charge in [-0.1, -0.05) is 19.9 Å². The van der Waals surface area contributed by atoms with E-state index in [-0.39, 0.29) is 11.2 Å². The summed E-state index contributed by atoms with van der Waals surface area (Å²) in [6.07, 6.45) is 2.31. The number of aromatic amines is 1. The fourth-order valence-corrected chi connectivity index (χ4v) is 2.12. The fraction of sp³-hybridized carbons (Fsp3) is 0.467. The van der Waals surface area contributed by atoms with E-state index in [0.29, 0.717) is 6.42 Å². The topological polar surface area (TPSA) is 57.8 Å². The number of hydrogen-bond acceptors (Lipinski definition) is 3. The third kappa shape index (κ3) is 3.41. The summed E-state index contributed by atoms with van der Waals surface area (Å²) >= 11 is 0. The average Bonchev–Trinajstić information content (AvgIpc) is 2.81. The minimum atomic E-state index is 0.0239. The molecule has 0 aliphatic rings. The molecule has 0 bridgehead atoms. The zero-order valence-electron chi connectivity index (χ0n) is 11.8. The number of carbonyl (C=O) groups is 1. The van der Waals surface area contributed by atoms with Crippen molar-refractivity contribution in [3.8, 4) is 0 Å². The van der Waals surface area contributed by atoms with Crippen LogP contribution in [-0.4, -0.2) is 28.8 Å². The molecule has 19 heavy (non-hydrogen) atoms. The lowest BCUT2D eigenvalue weighted by Crippen LogP contribution is -2.33. The van der Waals surface area contributed by atoms with Gasteiger partial charge >= 0.3 is 0 Å². The largest absolute Gasteiger partial charge is 0.345 e. The fourth-order valence-electron chi connectivity index (χ4n) is 2.12. The molecule has 4 heteroatoms. The number of hydrogen-bond donors (Lipinski definition) is 2. The number of fused-ring (bicyclic) bond motifs is 1. The molecule has 0 saturated heterocycles. The lowest BCUT2D eigenvalue weighted by atomic mass is 9.84. The molecule has 1 aromatic heterocycles. The molecule has 0 atom stereocenters. The van der Waals surface area contributed by atoms with Crippen LogP contribution in [0, 0.1) is 0 Å². The number of Topliss-reactive ketones (excluding diaryl/α,β-unsaturated/α-hetero) is 1. The van der Waals surface area contributed by atoms with Gasteiger partial charge in [0.25, 0.3) is 0 Å². The molecule has 1 aromatic carbocycles. The Bertz CT molecular complexity index is 572. The molecule has 0 aliphatic heterocycles. The Morgan fingerprint density at radius 1 is 1.42 bits per heavy atom. The Labute approximate surface area is 113 Å². The summed E-state index contributed by atoms with van der Waals surface area (Å²) in [5.74, 6) is 0.226. The summed E-state index contributed by atoms with van der Waals surface area (Å²) < 4.78 is 0. The molecule has 4 nitrogen and oxygen atoms in total. The van der Waals surface area contributed by atoms with Crippen LogP contribution < -0.4 is 5.32 Å². The summed E-state index contributed by atoms with van der Waals surface area (Å²) in [7, 11) is 0. The molecule has 2 rings (SSSR count). The highest BCUT2D eigenvalue weighted by Crippen LogP contribution is 2.24. The maximum Gasteiger partial charge on any atom is 0.131 e. The van der Waals surface area contributed by atoms with Gasteiger partial charge in [-0.2, -0.15) is 0 Å². The molecule has 0 unspecified atom stereocenters. The summed E-state index contributed by atoms with van der Waals surface area (Å²) in [5, 5.41) is 3.35. The van der Waals surface area contributed by atoms with Crippen LogP contribution in [0.3, 0.4) is 0 Å². The quantitative estimate of drug-likeness (QED) is 0.783. The highest BCUT2D eigenvalue weighted by molar-refractivity contribution is 5.76. The number of H-pyrrole nitrogens is 1. The third-order valence-corrected chi connectivity index (χ3v) is 3.42. The number of carbonyl (C=O) groups excluding carboxylic acids is 1. The number of benzene rings is 1. The Balaban J connectivity index is 2.03. The van der Waals surface area contributed by atoms with Gasteiger partial charge in [0.2, 0.25) is 0 Å². The van der Waals surface area contributed by atoms with Crippen molar-refractivity contribution in [3.05, 3.63) is 30.1 Å². The first-order valence-corrected chi connectivity index (χ1v) is 6.63. The molecule has 102 valence electrons. The van der Waals surface area contributed by atoms with Gasteiger partial charge in [-0.3, -0.25) is 4.79 Å². The van der Waals surface area contributed by atoms with E-state index in [2.05, 4.69) is 41.3 Å². The molecule has 1 heterocycles. The van der Waals surface area contributed by atoms with Gasteiger partial charge < -0.3 is 10.3 Å². The van der Waals surface area contributed by atoms with Crippen LogP contribution in [0.25, 0.3) is 11.0 Å². The van der Waals surface area contributed by atoms with E-state index in [4.69, 9.17) is 0 Å². The number of imidazole rings is 1. The minimum absolute atomic E-state index is 0.0239. The summed E-state index contributed by atoms with van der Waals surface area (Å²) in [5.41, 5.74) is 3.34. The Hall–Kier alpha value is -1.68. The highest BCUT2D eigenvalue weighted by atomic mass is 16.1. The van der Waals surface area contributed by atoms with Crippen LogP contribution in [-0.2, 0) is 10.2 Å². The molecule has 2 N–H and O–H groups in total. The predicted molar refractivity (Wildman–Crippen MR) is 77.3 cm³/mol. The monoisotopic (exact) mass is 259 g/mol. The van der Waals surface area contributed by atoms with Crippen LogP contribution in [0.1, 0.15) is 32.8 Å². The SMILES string of the molecule is CC(=O)CCNCC(C)(C)c1ccc2nc[nH]c2c1. The van der Waals surface area contributed by atoms with E-state index in [1.165, 1.54) is 5.56 Å². The first-order chi connectivity index (χ1) is 8.99. The van der Waals surface area contributed by atoms with Crippen molar-refractivity contribution in [2.75, 3.05) is 13.1 Å². The van der Waals surface area contributed by atoms with Crippen molar-refractivity contribution in [2.24, 2.45) is 0 Å². The van der Waals surface area contributed by atoms with Crippen molar-refractivity contribution < 1.29 is 4.79 Å². The van der Waals surface area contributed by atoms with Crippen LogP contribution in [0.5, 0.6) is 0 Å². The first-order valence-electron chi connectivity index (χ1n) is 6.63. The molecule has 0 spiro atoms. The van der Waals surface area contributed by atoms with E-state index in [1.807, 2.05) is 6.07 Å². The Kier molecular flexibility index (Phi) is 4.00. The second kappa shape index (κ2) is 5.53. The molecular weight excluding hydrogens is 238 g/mol. The predicted octanol–water partition coefficient (Wildman–Crippen LogP) is 2.41. The molecule has 0 saturated carbocycles. The number of ketones is 1. The zero-order valence-corrected chi connectivity index (χ0v) is 11.8. The van der Waals surface area contributed by atoms with Gasteiger partial charge in [0, 0.05) is 24.9 Å². The van der Waals surface area contributed by atoms with Crippen molar-refractivity contribution in [1.82, 2.24) is 15.3 Å². The zero-order chi connectivity index (χ0) is 13.9. The smallest absolute Gasteiger partial charge is 0.131 e. The molecule has 0 radical (unpaired) electrons. The number of rotatable bonds is 6. The summed E-state index contributed by atoms with van der Waals surface area (Å²) in [6, 6.07) is 6.31. The van der Waals surface area contributed by atoms with E-state index in [1.54, 1.807) is 13.3 Å². The number of nitrogens with zero attached hydrogens (tertiary/aromatic N) is 1. The van der Waals surface area contributed by atoms with Crippen molar-refractivity contribution >= 4 is 16.8 Å². The van der Waals surface area contributed by atoms with Gasteiger partial charge in [0.1, 0.15) is 5.78 Å². The summed E-state index contributed by atoms with van der Waals surface area (Å²) in [6.45, 7) is 7.61. The van der Waals surface area contributed by atoms with E-state index < -0.39 is 0 Å². The summed E-state index contributed by atoms with van der Waals surface area (Å²) in [4.78, 5) is 18.3. The first kappa shape index (κ1) is 13.7. The molecular formula is C15H21N3O. The molecule has 0 amide bonds. The van der Waals surface area contributed by atoms with Crippen LogP contribution >= 0.6 is 0 Å². The van der Waals surface area contributed by atoms with Crippen LogP contribution in [0.4, 0.5) is 0 Å². The Morgan fingerprint density at radius 3 is 2.95 bits per heavy atom. The second-order valence-electron chi connectivity index (χ2n) is 5.65. The van der Waals surface area contributed by atoms with E-state index in [0.717, 1.165) is 24.1 Å². The maximum atomic E-state index is 10.9. The maximum absolute atomic E-state index is 10.9. The lowest BCUT2D eigenvalue weighted by Gasteiger charge is -2.25. The van der Waals surface area contributed by atoms with Gasteiger partial charge in [-0.05, 0) is 24.6 Å². The Morgan fingerprint density at radius 2 is 2.21 bits per heavy atom. The standard InChI is InChI=1S/C15H21N3O/c1-11(19)6-7-16-9-15(2,3)12-4-5-13-14(8-12)18-10-17-13/h4-5,8,10,16H,6-7,9H2,1-3H3,(H,17,18). The van der Waals surface area contributed by atoms with Crippen LogP contribution in [0.2, 0.25) is 0 Å². The van der Waals surface area contributed by atoms with E-state index >= 15 is 0 Å². The molecule has 2 aromatic rings. The highest BCUT2D eigenvalue weighted by Gasteiger charge is 2.20. The molecule has 0 fully saturated rings. The second-order valence-corrected chi connectivity index (χ2v) is 5.65. The lowest BCUT2D eigenvalue weighted by molar-refractivity contribution is -0.116. The number of aromatic nitrogens is 2. The van der Waals surface area contributed by atoms with E-state index in [9.17, 15) is 4.79 Å². The third-order valence-electron chi connectivity index (χ3n) is 3.42.